The number of rotatable bonds is 16. The molecular weight excluding hydrogens is 307 g/mol. The summed E-state index contributed by atoms with van der Waals surface area (Å²) in [5.41, 5.74) is 0. The number of benzene rings is 1. The first-order valence-electron chi connectivity index (χ1n) is 10.6. The number of hydrogen-bond acceptors (Lipinski definition) is 1. The van der Waals surface area contributed by atoms with Gasteiger partial charge in [0.05, 0.1) is 5.75 Å². The molecule has 0 saturated heterocycles. The van der Waals surface area contributed by atoms with Gasteiger partial charge >= 0.3 is 14.5 Å². The van der Waals surface area contributed by atoms with E-state index in [-0.39, 0.29) is 0 Å². The van der Waals surface area contributed by atoms with Gasteiger partial charge < -0.3 is 3.79 Å². The quantitative estimate of drug-likeness (QED) is 0.219. The Morgan fingerprint density at radius 2 is 1.08 bits per heavy atom. The van der Waals surface area contributed by atoms with Crippen LogP contribution in [0.3, 0.4) is 0 Å². The van der Waals surface area contributed by atoms with Crippen molar-refractivity contribution < 1.29 is 3.79 Å². The molecule has 136 valence electrons. The highest BCUT2D eigenvalue weighted by Crippen LogP contribution is 2.19. The maximum absolute atomic E-state index is 6.41. The number of hydrogen-bond donors (Lipinski definition) is 0. The van der Waals surface area contributed by atoms with Crippen LogP contribution in [0.4, 0.5) is 0 Å². The van der Waals surface area contributed by atoms with E-state index in [1.54, 1.807) is 0 Å². The Balaban J connectivity index is 2.24. The van der Waals surface area contributed by atoms with E-state index in [1.807, 2.05) is 0 Å². The molecule has 0 heterocycles. The van der Waals surface area contributed by atoms with Gasteiger partial charge in [0.25, 0.3) is 0 Å². The summed E-state index contributed by atoms with van der Waals surface area (Å²) in [4.78, 5) is 0. The second-order valence-electron chi connectivity index (χ2n) is 7.17. The first-order chi connectivity index (χ1) is 11.9. The van der Waals surface area contributed by atoms with E-state index < -0.39 is 14.5 Å². The van der Waals surface area contributed by atoms with Crippen molar-refractivity contribution in [1.82, 2.24) is 0 Å². The third-order valence-electron chi connectivity index (χ3n) is 4.81. The number of para-hydroxylation sites is 1. The zero-order valence-corrected chi connectivity index (χ0v) is 17.4. The Labute approximate surface area is 155 Å². The molecule has 24 heavy (non-hydrogen) atoms. The average molecular weight is 347 g/mol. The Morgan fingerprint density at radius 1 is 0.625 bits per heavy atom. The van der Waals surface area contributed by atoms with Gasteiger partial charge in [-0.05, 0) is 12.1 Å². The molecule has 1 nitrogen and oxygen atoms in total. The summed E-state index contributed by atoms with van der Waals surface area (Å²) in [6.07, 6.45) is 16.7. The first kappa shape index (κ1) is 21.6. The lowest BCUT2D eigenvalue weighted by atomic mass is 10.1. The van der Waals surface area contributed by atoms with Gasteiger partial charge in [-0.3, -0.25) is 0 Å². The predicted octanol–water partition coefficient (Wildman–Crippen LogP) is 7.78. The van der Waals surface area contributed by atoms with E-state index in [2.05, 4.69) is 44.2 Å². The fraction of sp³-hybridized carbons (Fsp3) is 0.727. The third-order valence-corrected chi connectivity index (χ3v) is 7.52. The molecule has 0 saturated carbocycles. The van der Waals surface area contributed by atoms with E-state index in [9.17, 15) is 0 Å². The summed E-state index contributed by atoms with van der Waals surface area (Å²) in [5, 5.41) is 2.71. The van der Waals surface area contributed by atoms with E-state index in [4.69, 9.17) is 3.79 Å². The Morgan fingerprint density at radius 3 is 1.58 bits per heavy atom. The topological polar surface area (TPSA) is 9.23 Å². The SMILES string of the molecule is CCCCCCC[CH2][Al]([CH2]CCCCCCC)[O]c1ccccc1. The molecule has 0 radical (unpaired) electrons. The minimum atomic E-state index is -1.08. The van der Waals surface area contributed by atoms with Crippen molar-refractivity contribution in [3.8, 4) is 5.75 Å². The Kier molecular flexibility index (Phi) is 14.4. The number of unbranched alkanes of at least 4 members (excludes halogenated alkanes) is 10. The maximum Gasteiger partial charge on any atom is 0.546 e. The zero-order chi connectivity index (χ0) is 17.3. The van der Waals surface area contributed by atoms with Crippen molar-refractivity contribution in [2.75, 3.05) is 0 Å². The standard InChI is InChI=1S/2C8H17.C6H6O.Al/c2*1-3-5-7-8-6-4-2;7-6-4-2-1-3-5-6;/h2*1,3-8H2,2H3;1-5,7H;/q;;;+1/p-1. The van der Waals surface area contributed by atoms with Crippen molar-refractivity contribution in [3.63, 3.8) is 0 Å². The molecule has 2 heteroatoms. The fourth-order valence-corrected chi connectivity index (χ4v) is 5.81. The highest BCUT2D eigenvalue weighted by atomic mass is 27.2. The van der Waals surface area contributed by atoms with Crippen LogP contribution in [-0.4, -0.2) is 14.5 Å². The lowest BCUT2D eigenvalue weighted by Gasteiger charge is -2.15. The zero-order valence-electron chi connectivity index (χ0n) is 16.3. The molecule has 0 N–H and O–H groups in total. The summed E-state index contributed by atoms with van der Waals surface area (Å²) in [6, 6.07) is 10.5. The van der Waals surface area contributed by atoms with E-state index in [0.29, 0.717) is 0 Å². The van der Waals surface area contributed by atoms with E-state index in [1.165, 1.54) is 87.6 Å². The summed E-state index contributed by atoms with van der Waals surface area (Å²) in [6.45, 7) is 4.58. The second-order valence-corrected chi connectivity index (χ2v) is 9.80. The molecule has 0 aliphatic heterocycles. The molecule has 0 spiro atoms. The van der Waals surface area contributed by atoms with Gasteiger partial charge in [-0.2, -0.15) is 0 Å². The average Bonchev–Trinajstić information content (AvgIpc) is 2.61. The van der Waals surface area contributed by atoms with Gasteiger partial charge in [-0.1, -0.05) is 120 Å². The summed E-state index contributed by atoms with van der Waals surface area (Å²) in [7, 11) is 0. The monoisotopic (exact) mass is 346 g/mol. The second kappa shape index (κ2) is 16.0. The van der Waals surface area contributed by atoms with Gasteiger partial charge in [0.15, 0.2) is 0 Å². The molecule has 0 atom stereocenters. The van der Waals surface area contributed by atoms with Crippen LogP contribution in [0.5, 0.6) is 5.75 Å². The summed E-state index contributed by atoms with van der Waals surface area (Å²) in [5.74, 6) is 1.10. The highest BCUT2D eigenvalue weighted by Gasteiger charge is 2.22. The Bertz CT molecular complexity index is 349. The molecule has 0 unspecified atom stereocenters. The molecule has 0 amide bonds. The summed E-state index contributed by atoms with van der Waals surface area (Å²) >= 11 is -1.08. The minimum Gasteiger partial charge on any atom is -0.643 e. The van der Waals surface area contributed by atoms with Crippen LogP contribution in [0.15, 0.2) is 30.3 Å². The van der Waals surface area contributed by atoms with Crippen LogP contribution in [0, 0.1) is 0 Å². The van der Waals surface area contributed by atoms with Crippen LogP contribution in [-0.2, 0) is 0 Å². The summed E-state index contributed by atoms with van der Waals surface area (Å²) < 4.78 is 6.41. The van der Waals surface area contributed by atoms with E-state index >= 15 is 0 Å². The van der Waals surface area contributed by atoms with Crippen LogP contribution in [0.2, 0.25) is 10.6 Å². The van der Waals surface area contributed by atoms with Crippen molar-refractivity contribution >= 4 is 14.5 Å². The third kappa shape index (κ3) is 12.0. The highest BCUT2D eigenvalue weighted by molar-refractivity contribution is 6.52. The van der Waals surface area contributed by atoms with Gasteiger partial charge in [0, 0.05) is 0 Å². The van der Waals surface area contributed by atoms with Crippen LogP contribution >= 0.6 is 0 Å². The van der Waals surface area contributed by atoms with Crippen LogP contribution < -0.4 is 3.79 Å². The molecular formula is C22H39AlO. The minimum absolute atomic E-state index is 1.08. The molecule has 0 bridgehead atoms. The maximum atomic E-state index is 6.41. The van der Waals surface area contributed by atoms with Crippen molar-refractivity contribution in [1.29, 1.82) is 0 Å². The lowest BCUT2D eigenvalue weighted by molar-refractivity contribution is 0.540. The van der Waals surface area contributed by atoms with Crippen LogP contribution in [0.25, 0.3) is 0 Å². The molecule has 1 aromatic rings. The normalized spacial score (nSPS) is 10.8. The molecule has 0 aromatic heterocycles. The smallest absolute Gasteiger partial charge is 0.546 e. The van der Waals surface area contributed by atoms with Gasteiger partial charge in [0.1, 0.15) is 0 Å². The van der Waals surface area contributed by atoms with Gasteiger partial charge in [-0.25, -0.2) is 0 Å². The molecule has 1 rings (SSSR count). The fourth-order valence-electron chi connectivity index (χ4n) is 3.26. The molecule has 0 aliphatic carbocycles. The predicted molar refractivity (Wildman–Crippen MR) is 109 cm³/mol. The van der Waals surface area contributed by atoms with Gasteiger partial charge in [-0.15, -0.1) is 0 Å². The van der Waals surface area contributed by atoms with E-state index in [0.717, 1.165) is 5.75 Å². The van der Waals surface area contributed by atoms with Crippen molar-refractivity contribution in [2.24, 2.45) is 0 Å². The largest absolute Gasteiger partial charge is 0.643 e. The first-order valence-corrected chi connectivity index (χ1v) is 12.7. The van der Waals surface area contributed by atoms with Crippen molar-refractivity contribution in [2.45, 2.75) is 101 Å². The molecule has 0 fully saturated rings. The molecule has 1 aromatic carbocycles. The lowest BCUT2D eigenvalue weighted by Crippen LogP contribution is -2.21. The van der Waals surface area contributed by atoms with Gasteiger partial charge in [0.2, 0.25) is 0 Å². The molecule has 0 aliphatic rings. The van der Waals surface area contributed by atoms with Crippen molar-refractivity contribution in [3.05, 3.63) is 30.3 Å². The van der Waals surface area contributed by atoms with Crippen LogP contribution in [0.1, 0.15) is 90.9 Å². The Hall–Kier alpha value is -0.448.